The number of sulfone groups is 1. The second-order valence-electron chi connectivity index (χ2n) is 5.48. The minimum Gasteiger partial charge on any atom is -0.383 e. The second-order valence-corrected chi connectivity index (χ2v) is 8.34. The van der Waals surface area contributed by atoms with Crippen molar-refractivity contribution in [2.24, 2.45) is 0 Å². The average Bonchev–Trinajstić information content (AvgIpc) is 2.24. The van der Waals surface area contributed by atoms with Crippen LogP contribution >= 0.6 is 0 Å². The van der Waals surface area contributed by atoms with Crippen LogP contribution in [-0.2, 0) is 14.6 Å². The van der Waals surface area contributed by atoms with E-state index >= 15 is 0 Å². The molecular formula is C12H28N2O3S. The smallest absolute Gasteiger partial charge is 0.156 e. The Balaban J connectivity index is 3.69. The first kappa shape index (κ1) is 17.8. The van der Waals surface area contributed by atoms with Crippen LogP contribution in [0.2, 0.25) is 0 Å². The maximum Gasteiger partial charge on any atom is 0.156 e. The molecule has 0 heterocycles. The van der Waals surface area contributed by atoms with Gasteiger partial charge in [0.05, 0.1) is 17.1 Å². The van der Waals surface area contributed by atoms with Gasteiger partial charge in [0.25, 0.3) is 0 Å². The summed E-state index contributed by atoms with van der Waals surface area (Å²) in [6, 6.07) is 0. The van der Waals surface area contributed by atoms with Crippen LogP contribution < -0.4 is 5.32 Å². The second kappa shape index (κ2) is 8.09. The number of nitrogens with one attached hydrogen (secondary N) is 1. The number of methoxy groups -OCH3 is 1. The molecule has 0 saturated heterocycles. The molecule has 0 aromatic carbocycles. The summed E-state index contributed by atoms with van der Waals surface area (Å²) in [7, 11) is 0.696. The zero-order valence-corrected chi connectivity index (χ0v) is 13.1. The minimum absolute atomic E-state index is 0.193. The van der Waals surface area contributed by atoms with Crippen molar-refractivity contribution >= 4 is 9.84 Å². The van der Waals surface area contributed by atoms with Crippen LogP contribution in [0.4, 0.5) is 0 Å². The minimum atomic E-state index is -3.01. The Labute approximate surface area is 112 Å². The third-order valence-corrected chi connectivity index (χ3v) is 5.44. The first-order valence-corrected chi connectivity index (χ1v) is 7.96. The van der Waals surface area contributed by atoms with Crippen molar-refractivity contribution in [2.45, 2.75) is 25.5 Å². The summed E-state index contributed by atoms with van der Waals surface area (Å²) < 4.78 is 28.0. The van der Waals surface area contributed by atoms with E-state index in [9.17, 15) is 8.42 Å². The molecule has 0 rings (SSSR count). The lowest BCUT2D eigenvalue weighted by Crippen LogP contribution is -2.37. The molecule has 0 saturated carbocycles. The van der Waals surface area contributed by atoms with Crippen molar-refractivity contribution in [1.29, 1.82) is 0 Å². The SMILES string of the molecule is COCCN(C)CCNCCS(=O)(=O)C(C)(C)C. The van der Waals surface area contributed by atoms with Gasteiger partial charge in [-0.25, -0.2) is 8.42 Å². The van der Waals surface area contributed by atoms with E-state index in [1.54, 1.807) is 27.9 Å². The Kier molecular flexibility index (Phi) is 8.02. The van der Waals surface area contributed by atoms with Crippen molar-refractivity contribution in [1.82, 2.24) is 10.2 Å². The lowest BCUT2D eigenvalue weighted by atomic mass is 10.3. The Morgan fingerprint density at radius 1 is 1.17 bits per heavy atom. The Morgan fingerprint density at radius 3 is 2.28 bits per heavy atom. The van der Waals surface area contributed by atoms with Gasteiger partial charge in [-0.3, -0.25) is 0 Å². The van der Waals surface area contributed by atoms with Gasteiger partial charge in [-0.1, -0.05) is 0 Å². The van der Waals surface area contributed by atoms with Crippen molar-refractivity contribution in [3.05, 3.63) is 0 Å². The molecule has 18 heavy (non-hydrogen) atoms. The van der Waals surface area contributed by atoms with Gasteiger partial charge in [0.15, 0.2) is 9.84 Å². The van der Waals surface area contributed by atoms with E-state index in [4.69, 9.17) is 4.74 Å². The van der Waals surface area contributed by atoms with Crippen LogP contribution in [0.3, 0.4) is 0 Å². The fraction of sp³-hybridized carbons (Fsp3) is 1.00. The van der Waals surface area contributed by atoms with Crippen LogP contribution in [0.5, 0.6) is 0 Å². The zero-order valence-electron chi connectivity index (χ0n) is 12.3. The van der Waals surface area contributed by atoms with E-state index < -0.39 is 14.6 Å². The molecular weight excluding hydrogens is 252 g/mol. The monoisotopic (exact) mass is 280 g/mol. The molecule has 0 spiro atoms. The zero-order chi connectivity index (χ0) is 14.2. The predicted octanol–water partition coefficient (Wildman–Crippen LogP) is 0.368. The molecule has 0 atom stereocenters. The van der Waals surface area contributed by atoms with E-state index in [0.29, 0.717) is 6.54 Å². The normalized spacial score (nSPS) is 13.2. The van der Waals surface area contributed by atoms with Gasteiger partial charge in [-0.15, -0.1) is 0 Å². The van der Waals surface area contributed by atoms with Gasteiger partial charge in [-0.05, 0) is 27.8 Å². The van der Waals surface area contributed by atoms with E-state index in [1.807, 2.05) is 7.05 Å². The standard InChI is InChI=1S/C12H28N2O3S/c1-12(2,3)18(15,16)11-7-13-6-8-14(4)9-10-17-5/h13H,6-11H2,1-5H3. The van der Waals surface area contributed by atoms with E-state index in [0.717, 1.165) is 26.2 Å². The van der Waals surface area contributed by atoms with Gasteiger partial charge in [-0.2, -0.15) is 0 Å². The molecule has 0 bridgehead atoms. The molecule has 6 heteroatoms. The highest BCUT2D eigenvalue weighted by molar-refractivity contribution is 7.92. The summed E-state index contributed by atoms with van der Waals surface area (Å²) in [6.45, 7) is 9.01. The third-order valence-electron chi connectivity index (χ3n) is 2.83. The topological polar surface area (TPSA) is 58.6 Å². The molecule has 0 amide bonds. The molecule has 0 fully saturated rings. The summed E-state index contributed by atoms with van der Waals surface area (Å²) in [6.07, 6.45) is 0. The Hall–Kier alpha value is -0.170. The fourth-order valence-corrected chi connectivity index (χ4v) is 2.29. The number of likely N-dealkylation sites (N-methyl/N-ethyl adjacent to an activating group) is 1. The molecule has 5 nitrogen and oxygen atoms in total. The Morgan fingerprint density at radius 2 is 1.78 bits per heavy atom. The summed E-state index contributed by atoms with van der Waals surface area (Å²) >= 11 is 0. The molecule has 0 aliphatic carbocycles. The summed E-state index contributed by atoms with van der Waals surface area (Å²) in [4.78, 5) is 2.15. The molecule has 0 aliphatic heterocycles. The molecule has 0 radical (unpaired) electrons. The average molecular weight is 280 g/mol. The van der Waals surface area contributed by atoms with Gasteiger partial charge in [0.1, 0.15) is 0 Å². The number of hydrogen-bond donors (Lipinski definition) is 1. The highest BCUT2D eigenvalue weighted by Crippen LogP contribution is 2.14. The first-order chi connectivity index (χ1) is 8.20. The third kappa shape index (κ3) is 7.31. The van der Waals surface area contributed by atoms with Crippen LogP contribution in [0, 0.1) is 0 Å². The highest BCUT2D eigenvalue weighted by atomic mass is 32.2. The summed E-state index contributed by atoms with van der Waals surface area (Å²) in [5, 5.41) is 3.16. The maximum absolute atomic E-state index is 11.8. The van der Waals surface area contributed by atoms with Gasteiger partial charge < -0.3 is 15.0 Å². The molecule has 0 aromatic rings. The van der Waals surface area contributed by atoms with E-state index in [-0.39, 0.29) is 5.75 Å². The van der Waals surface area contributed by atoms with E-state index in [2.05, 4.69) is 10.2 Å². The molecule has 0 aliphatic rings. The quantitative estimate of drug-likeness (QED) is 0.618. The summed E-state index contributed by atoms with van der Waals surface area (Å²) in [5.41, 5.74) is 0. The van der Waals surface area contributed by atoms with Crippen LogP contribution in [0.25, 0.3) is 0 Å². The maximum atomic E-state index is 11.8. The highest BCUT2D eigenvalue weighted by Gasteiger charge is 2.27. The van der Waals surface area contributed by atoms with Crippen LogP contribution in [-0.4, -0.2) is 70.8 Å². The van der Waals surface area contributed by atoms with Crippen molar-refractivity contribution in [2.75, 3.05) is 52.7 Å². The van der Waals surface area contributed by atoms with Crippen molar-refractivity contribution in [3.63, 3.8) is 0 Å². The van der Waals surface area contributed by atoms with Crippen LogP contribution in [0.1, 0.15) is 20.8 Å². The molecule has 110 valence electrons. The lowest BCUT2D eigenvalue weighted by molar-refractivity contribution is 0.161. The predicted molar refractivity (Wildman–Crippen MR) is 75.8 cm³/mol. The summed E-state index contributed by atoms with van der Waals surface area (Å²) in [5.74, 6) is 0.193. The van der Waals surface area contributed by atoms with Gasteiger partial charge in [0.2, 0.25) is 0 Å². The van der Waals surface area contributed by atoms with Crippen LogP contribution in [0.15, 0.2) is 0 Å². The Bertz CT molecular complexity index is 310. The number of rotatable bonds is 9. The molecule has 1 N–H and O–H groups in total. The van der Waals surface area contributed by atoms with Gasteiger partial charge >= 0.3 is 0 Å². The first-order valence-electron chi connectivity index (χ1n) is 6.31. The molecule has 0 unspecified atom stereocenters. The number of ether oxygens (including phenoxy) is 1. The van der Waals surface area contributed by atoms with Gasteiger partial charge in [0, 0.05) is 33.3 Å². The van der Waals surface area contributed by atoms with E-state index in [1.165, 1.54) is 0 Å². The fourth-order valence-electron chi connectivity index (χ4n) is 1.27. The van der Waals surface area contributed by atoms with Crippen molar-refractivity contribution < 1.29 is 13.2 Å². The van der Waals surface area contributed by atoms with Crippen molar-refractivity contribution in [3.8, 4) is 0 Å². The number of nitrogens with zero attached hydrogens (tertiary/aromatic N) is 1. The number of hydrogen-bond acceptors (Lipinski definition) is 5. The lowest BCUT2D eigenvalue weighted by Gasteiger charge is -2.20. The molecule has 0 aromatic heterocycles. The largest absolute Gasteiger partial charge is 0.383 e.